The molecule has 2 N–H and O–H groups in total. The van der Waals surface area contributed by atoms with E-state index in [-0.39, 0.29) is 0 Å². The molecule has 0 unspecified atom stereocenters. The summed E-state index contributed by atoms with van der Waals surface area (Å²) in [7, 11) is 0. The lowest BCUT2D eigenvalue weighted by Gasteiger charge is -2.34. The van der Waals surface area contributed by atoms with Gasteiger partial charge in [0.05, 0.1) is 0 Å². The van der Waals surface area contributed by atoms with Crippen LogP contribution < -0.4 is 20.4 Å². The quantitative estimate of drug-likeness (QED) is 0.728. The standard InChI is InChI=1S/C23H30N6S/c1-16-5-4-11-28(14-16)20-13-21(26-22(25-20)27-23(30)24-19-8-9-19)29-12-10-17-6-2-3-7-18(17)15-29/h2-3,6-7,13,16,19H,4-5,8-12,14-15H2,1H3,(H2,24,25,26,27,30)/t16-/m1/s1. The van der Waals surface area contributed by atoms with Gasteiger partial charge in [-0.25, -0.2) is 0 Å². The van der Waals surface area contributed by atoms with Gasteiger partial charge >= 0.3 is 0 Å². The highest BCUT2D eigenvalue weighted by molar-refractivity contribution is 7.80. The van der Waals surface area contributed by atoms with Crippen molar-refractivity contribution in [3.05, 3.63) is 41.5 Å². The topological polar surface area (TPSA) is 56.3 Å². The van der Waals surface area contributed by atoms with Gasteiger partial charge in [0.1, 0.15) is 11.6 Å². The van der Waals surface area contributed by atoms with E-state index < -0.39 is 0 Å². The first-order valence-corrected chi connectivity index (χ1v) is 11.6. The molecule has 0 amide bonds. The number of fused-ring (bicyclic) bond motifs is 1. The fourth-order valence-corrected chi connectivity index (χ4v) is 4.70. The minimum Gasteiger partial charge on any atom is -0.360 e. The van der Waals surface area contributed by atoms with Crippen molar-refractivity contribution in [1.82, 2.24) is 15.3 Å². The number of rotatable bonds is 4. The molecule has 1 aliphatic carbocycles. The van der Waals surface area contributed by atoms with Crippen molar-refractivity contribution < 1.29 is 0 Å². The van der Waals surface area contributed by atoms with Crippen LogP contribution in [0.15, 0.2) is 30.3 Å². The molecule has 7 heteroatoms. The second-order valence-corrected chi connectivity index (χ2v) is 9.32. The number of benzene rings is 1. The predicted molar refractivity (Wildman–Crippen MR) is 126 cm³/mol. The van der Waals surface area contributed by atoms with Crippen LogP contribution in [0, 0.1) is 5.92 Å². The van der Waals surface area contributed by atoms with E-state index in [9.17, 15) is 0 Å². The van der Waals surface area contributed by atoms with Crippen LogP contribution in [0.4, 0.5) is 17.6 Å². The summed E-state index contributed by atoms with van der Waals surface area (Å²) in [5.74, 6) is 3.26. The van der Waals surface area contributed by atoms with Crippen LogP contribution in [0.3, 0.4) is 0 Å². The molecule has 2 aromatic rings. The van der Waals surface area contributed by atoms with E-state index in [0.29, 0.717) is 23.0 Å². The minimum absolute atomic E-state index is 0.509. The first-order valence-electron chi connectivity index (χ1n) is 11.2. The summed E-state index contributed by atoms with van der Waals surface area (Å²) in [5, 5.41) is 7.20. The molecule has 3 aliphatic rings. The van der Waals surface area contributed by atoms with Gasteiger partial charge < -0.3 is 20.4 Å². The fourth-order valence-electron chi connectivity index (χ4n) is 4.44. The zero-order chi connectivity index (χ0) is 20.5. The Morgan fingerprint density at radius 2 is 1.80 bits per heavy atom. The Morgan fingerprint density at radius 1 is 1.03 bits per heavy atom. The Kier molecular flexibility index (Phi) is 5.46. The van der Waals surface area contributed by atoms with Crippen molar-refractivity contribution in [2.45, 2.75) is 51.6 Å². The van der Waals surface area contributed by atoms with Crippen molar-refractivity contribution in [2.75, 3.05) is 34.8 Å². The molecule has 1 atom stereocenters. The van der Waals surface area contributed by atoms with Crippen molar-refractivity contribution in [3.8, 4) is 0 Å². The summed E-state index contributed by atoms with van der Waals surface area (Å²) >= 11 is 5.49. The molecule has 30 heavy (non-hydrogen) atoms. The van der Waals surface area contributed by atoms with Crippen LogP contribution in [0.25, 0.3) is 0 Å². The summed E-state index contributed by atoms with van der Waals surface area (Å²) in [4.78, 5) is 14.5. The summed E-state index contributed by atoms with van der Waals surface area (Å²) in [6.07, 6.45) is 5.92. The molecule has 0 spiro atoms. The van der Waals surface area contributed by atoms with Gasteiger partial charge in [-0.2, -0.15) is 9.97 Å². The van der Waals surface area contributed by atoms with Gasteiger partial charge in [0.2, 0.25) is 5.95 Å². The van der Waals surface area contributed by atoms with E-state index in [1.807, 2.05) is 0 Å². The highest BCUT2D eigenvalue weighted by Crippen LogP contribution is 2.29. The number of aromatic nitrogens is 2. The smallest absolute Gasteiger partial charge is 0.232 e. The third-order valence-electron chi connectivity index (χ3n) is 6.27. The third-order valence-corrected chi connectivity index (χ3v) is 6.49. The van der Waals surface area contributed by atoms with Gasteiger partial charge in [-0.1, -0.05) is 31.2 Å². The molecule has 5 rings (SSSR count). The van der Waals surface area contributed by atoms with Gasteiger partial charge in [-0.3, -0.25) is 0 Å². The average Bonchev–Trinajstić information content (AvgIpc) is 3.57. The lowest BCUT2D eigenvalue weighted by molar-refractivity contribution is 0.444. The van der Waals surface area contributed by atoms with E-state index >= 15 is 0 Å². The van der Waals surface area contributed by atoms with Crippen molar-refractivity contribution in [1.29, 1.82) is 0 Å². The molecule has 6 nitrogen and oxygen atoms in total. The van der Waals surface area contributed by atoms with Gasteiger partial charge in [-0.15, -0.1) is 0 Å². The number of hydrogen-bond acceptors (Lipinski definition) is 5. The van der Waals surface area contributed by atoms with Crippen LogP contribution in [-0.4, -0.2) is 40.8 Å². The molecule has 2 fully saturated rings. The van der Waals surface area contributed by atoms with E-state index in [1.165, 1.54) is 36.8 Å². The fraction of sp³-hybridized carbons (Fsp3) is 0.522. The van der Waals surface area contributed by atoms with E-state index in [0.717, 1.165) is 44.2 Å². The normalized spacial score (nSPS) is 21.2. The molecule has 158 valence electrons. The number of piperidine rings is 1. The highest BCUT2D eigenvalue weighted by Gasteiger charge is 2.24. The van der Waals surface area contributed by atoms with E-state index in [4.69, 9.17) is 22.2 Å². The Hall–Kier alpha value is -2.41. The average molecular weight is 423 g/mol. The minimum atomic E-state index is 0.509. The molecule has 1 saturated heterocycles. The molecule has 1 aromatic heterocycles. The van der Waals surface area contributed by atoms with Crippen LogP contribution in [0.1, 0.15) is 43.7 Å². The van der Waals surface area contributed by atoms with Gasteiger partial charge in [0, 0.05) is 38.3 Å². The maximum absolute atomic E-state index is 5.49. The summed E-state index contributed by atoms with van der Waals surface area (Å²) in [5.41, 5.74) is 2.83. The van der Waals surface area contributed by atoms with Gasteiger partial charge in [-0.05, 0) is 61.4 Å². The number of hydrogen-bond donors (Lipinski definition) is 2. The van der Waals surface area contributed by atoms with E-state index in [1.54, 1.807) is 0 Å². The molecule has 2 aliphatic heterocycles. The first-order chi connectivity index (χ1) is 14.6. The Labute approximate surface area is 184 Å². The second kappa shape index (κ2) is 8.38. The van der Waals surface area contributed by atoms with Crippen molar-refractivity contribution in [2.24, 2.45) is 5.92 Å². The number of anilines is 3. The van der Waals surface area contributed by atoms with Crippen molar-refractivity contribution in [3.63, 3.8) is 0 Å². The largest absolute Gasteiger partial charge is 0.360 e. The van der Waals surface area contributed by atoms with Crippen molar-refractivity contribution >= 4 is 34.9 Å². The monoisotopic (exact) mass is 422 g/mol. The SMILES string of the molecule is C[C@@H]1CCCN(c2cc(N3CCc4ccccc4C3)nc(NC(=S)NC3CC3)n2)C1. The molecule has 0 bridgehead atoms. The number of thiocarbonyl (C=S) groups is 1. The molecule has 0 radical (unpaired) electrons. The number of nitrogens with zero attached hydrogens (tertiary/aromatic N) is 4. The zero-order valence-corrected chi connectivity index (χ0v) is 18.4. The van der Waals surface area contributed by atoms with Gasteiger partial charge in [0.25, 0.3) is 0 Å². The van der Waals surface area contributed by atoms with Crippen LogP contribution >= 0.6 is 12.2 Å². The van der Waals surface area contributed by atoms with Crippen LogP contribution in [0.5, 0.6) is 0 Å². The maximum Gasteiger partial charge on any atom is 0.232 e. The van der Waals surface area contributed by atoms with E-state index in [2.05, 4.69) is 57.7 Å². The molecule has 1 aromatic carbocycles. The second-order valence-electron chi connectivity index (χ2n) is 8.91. The summed E-state index contributed by atoms with van der Waals surface area (Å²) < 4.78 is 0. The molecule has 3 heterocycles. The molecule has 1 saturated carbocycles. The first kappa shape index (κ1) is 19.5. The maximum atomic E-state index is 5.49. The zero-order valence-electron chi connectivity index (χ0n) is 17.6. The predicted octanol–water partition coefficient (Wildman–Crippen LogP) is 3.72. The molecular formula is C23H30N6S. The highest BCUT2D eigenvalue weighted by atomic mass is 32.1. The Morgan fingerprint density at radius 3 is 2.57 bits per heavy atom. The van der Waals surface area contributed by atoms with Gasteiger partial charge in [0.15, 0.2) is 5.11 Å². The summed E-state index contributed by atoms with van der Waals surface area (Å²) in [6, 6.07) is 11.4. The Bertz CT molecular complexity index is 928. The molecular weight excluding hydrogens is 392 g/mol. The van der Waals surface area contributed by atoms with Crippen LogP contribution in [0.2, 0.25) is 0 Å². The number of nitrogens with one attached hydrogen (secondary N) is 2. The Balaban J connectivity index is 1.42. The lowest BCUT2D eigenvalue weighted by atomic mass is 10.00. The third kappa shape index (κ3) is 4.51. The van der Waals surface area contributed by atoms with Crippen LogP contribution in [-0.2, 0) is 13.0 Å². The summed E-state index contributed by atoms with van der Waals surface area (Å²) in [6.45, 7) is 6.27. The lowest BCUT2D eigenvalue weighted by Crippen LogP contribution is -2.36.